The van der Waals surface area contributed by atoms with Crippen molar-refractivity contribution in [2.24, 2.45) is 0 Å². The highest BCUT2D eigenvalue weighted by Gasteiger charge is 2.25. The second kappa shape index (κ2) is 7.08. The van der Waals surface area contributed by atoms with Crippen molar-refractivity contribution in [3.8, 4) is 17.2 Å². The van der Waals surface area contributed by atoms with Gasteiger partial charge < -0.3 is 14.5 Å². The zero-order chi connectivity index (χ0) is 16.2. The number of amides is 1. The molecule has 1 amide bonds. The highest BCUT2D eigenvalue weighted by atomic mass is 32.2. The van der Waals surface area contributed by atoms with Gasteiger partial charge in [-0.05, 0) is 44.0 Å². The van der Waals surface area contributed by atoms with Gasteiger partial charge >= 0.3 is 0 Å². The number of ether oxygens (including phenoxy) is 1. The number of benzene rings is 1. The van der Waals surface area contributed by atoms with E-state index in [2.05, 4.69) is 10.3 Å². The lowest BCUT2D eigenvalue weighted by atomic mass is 10.2. The van der Waals surface area contributed by atoms with Crippen LogP contribution in [0.5, 0.6) is 5.75 Å². The quantitative estimate of drug-likeness (QED) is 0.843. The third kappa shape index (κ3) is 4.28. The molecule has 0 spiro atoms. The molecule has 23 heavy (non-hydrogen) atoms. The summed E-state index contributed by atoms with van der Waals surface area (Å²) in [4.78, 5) is 16.4. The number of thioether (sulfide) groups is 1. The van der Waals surface area contributed by atoms with E-state index in [1.807, 2.05) is 31.2 Å². The van der Waals surface area contributed by atoms with Gasteiger partial charge in [-0.1, -0.05) is 0 Å². The lowest BCUT2D eigenvalue weighted by molar-refractivity contribution is -0.120. The summed E-state index contributed by atoms with van der Waals surface area (Å²) in [7, 11) is 1.63. The number of rotatable bonds is 7. The van der Waals surface area contributed by atoms with E-state index in [4.69, 9.17) is 9.15 Å². The van der Waals surface area contributed by atoms with Crippen LogP contribution in [0, 0.1) is 0 Å². The highest BCUT2D eigenvalue weighted by molar-refractivity contribution is 7.99. The summed E-state index contributed by atoms with van der Waals surface area (Å²) in [6, 6.07) is 7.97. The zero-order valence-corrected chi connectivity index (χ0v) is 14.1. The maximum absolute atomic E-state index is 11.9. The first-order chi connectivity index (χ1) is 11.2. The van der Waals surface area contributed by atoms with Crippen LogP contribution in [-0.2, 0) is 10.5 Å². The van der Waals surface area contributed by atoms with Crippen LogP contribution in [0.25, 0.3) is 11.5 Å². The Labute approximate surface area is 139 Å². The van der Waals surface area contributed by atoms with Crippen LogP contribution >= 0.6 is 11.8 Å². The minimum atomic E-state index is -0.0864. The van der Waals surface area contributed by atoms with Crippen molar-refractivity contribution in [3.05, 3.63) is 36.2 Å². The Hall–Kier alpha value is -1.95. The van der Waals surface area contributed by atoms with Gasteiger partial charge in [-0.3, -0.25) is 4.79 Å². The number of nitrogens with zero attached hydrogens (tertiary/aromatic N) is 1. The fourth-order valence-corrected chi connectivity index (χ4v) is 2.84. The lowest BCUT2D eigenvalue weighted by Gasteiger charge is -2.10. The average Bonchev–Trinajstić information content (AvgIpc) is 3.26. The molecule has 0 bridgehead atoms. The van der Waals surface area contributed by atoms with E-state index in [0.717, 1.165) is 29.8 Å². The standard InChI is InChI=1S/C17H20N2O3S/c1-11(16(20)18-13-5-6-13)23-10-14-9-22-17(19-14)12-3-7-15(21-2)8-4-12/h3-4,7-9,11,13H,5-6,10H2,1-2H3,(H,18,20). The fourth-order valence-electron chi connectivity index (χ4n) is 2.07. The molecule has 122 valence electrons. The van der Waals surface area contributed by atoms with Crippen molar-refractivity contribution in [2.45, 2.75) is 36.8 Å². The summed E-state index contributed by atoms with van der Waals surface area (Å²) in [6.45, 7) is 1.92. The zero-order valence-electron chi connectivity index (χ0n) is 13.2. The molecule has 5 nitrogen and oxygen atoms in total. The molecule has 1 fully saturated rings. The van der Waals surface area contributed by atoms with E-state index in [0.29, 0.717) is 17.7 Å². The normalized spacial score (nSPS) is 15.2. The lowest BCUT2D eigenvalue weighted by Crippen LogP contribution is -2.32. The first-order valence-corrected chi connectivity index (χ1v) is 8.71. The summed E-state index contributed by atoms with van der Waals surface area (Å²) in [5, 5.41) is 2.93. The molecule has 1 aliphatic carbocycles. The summed E-state index contributed by atoms with van der Waals surface area (Å²) < 4.78 is 10.7. The molecular weight excluding hydrogens is 312 g/mol. The molecule has 1 aromatic heterocycles. The second-order valence-electron chi connectivity index (χ2n) is 5.61. The van der Waals surface area contributed by atoms with E-state index < -0.39 is 0 Å². The number of hydrogen-bond donors (Lipinski definition) is 1. The Morgan fingerprint density at radius 3 is 2.83 bits per heavy atom. The largest absolute Gasteiger partial charge is 0.497 e. The van der Waals surface area contributed by atoms with Crippen LogP contribution in [0.1, 0.15) is 25.5 Å². The van der Waals surface area contributed by atoms with Crippen LogP contribution in [0.15, 0.2) is 34.9 Å². The molecule has 1 unspecified atom stereocenters. The van der Waals surface area contributed by atoms with Gasteiger partial charge in [0.25, 0.3) is 0 Å². The van der Waals surface area contributed by atoms with Crippen molar-refractivity contribution in [1.82, 2.24) is 10.3 Å². The third-order valence-electron chi connectivity index (χ3n) is 3.66. The maximum Gasteiger partial charge on any atom is 0.233 e. The van der Waals surface area contributed by atoms with Crippen LogP contribution in [0.2, 0.25) is 0 Å². The SMILES string of the molecule is COc1ccc(-c2nc(CSC(C)C(=O)NC3CC3)co2)cc1. The van der Waals surface area contributed by atoms with Crippen molar-refractivity contribution in [2.75, 3.05) is 7.11 Å². The van der Waals surface area contributed by atoms with E-state index in [-0.39, 0.29) is 11.2 Å². The fraction of sp³-hybridized carbons (Fsp3) is 0.412. The highest BCUT2D eigenvalue weighted by Crippen LogP contribution is 2.25. The Balaban J connectivity index is 1.54. The Bertz CT molecular complexity index is 665. The van der Waals surface area contributed by atoms with Crippen LogP contribution in [0.4, 0.5) is 0 Å². The van der Waals surface area contributed by atoms with Crippen molar-refractivity contribution in [3.63, 3.8) is 0 Å². The number of nitrogens with one attached hydrogen (secondary N) is 1. The smallest absolute Gasteiger partial charge is 0.233 e. The first kappa shape index (κ1) is 15.9. The van der Waals surface area contributed by atoms with Gasteiger partial charge in [-0.15, -0.1) is 11.8 Å². The number of oxazole rings is 1. The molecule has 3 rings (SSSR count). The van der Waals surface area contributed by atoms with Gasteiger partial charge in [0.1, 0.15) is 12.0 Å². The molecule has 0 saturated heterocycles. The number of methoxy groups -OCH3 is 1. The van der Waals surface area contributed by atoms with Gasteiger partial charge in [0.05, 0.1) is 18.1 Å². The molecule has 1 atom stereocenters. The van der Waals surface area contributed by atoms with Crippen LogP contribution in [0.3, 0.4) is 0 Å². The van der Waals surface area contributed by atoms with Gasteiger partial charge in [-0.25, -0.2) is 4.98 Å². The number of carbonyl (C=O) groups is 1. The molecule has 1 saturated carbocycles. The summed E-state index contributed by atoms with van der Waals surface area (Å²) in [5.74, 6) is 2.14. The Morgan fingerprint density at radius 2 is 2.17 bits per heavy atom. The molecule has 0 radical (unpaired) electrons. The number of hydrogen-bond acceptors (Lipinski definition) is 5. The van der Waals surface area contributed by atoms with E-state index in [1.54, 1.807) is 25.1 Å². The predicted molar refractivity (Wildman–Crippen MR) is 90.4 cm³/mol. The molecule has 2 aromatic rings. The first-order valence-electron chi connectivity index (χ1n) is 7.66. The molecule has 6 heteroatoms. The Kier molecular flexibility index (Phi) is 4.91. The van der Waals surface area contributed by atoms with Crippen molar-refractivity contribution >= 4 is 17.7 Å². The molecule has 1 N–H and O–H groups in total. The summed E-state index contributed by atoms with van der Waals surface area (Å²) in [5.41, 5.74) is 1.74. The molecule has 1 aromatic carbocycles. The summed E-state index contributed by atoms with van der Waals surface area (Å²) >= 11 is 1.57. The maximum atomic E-state index is 11.9. The van der Waals surface area contributed by atoms with Gasteiger partial charge in [0, 0.05) is 17.4 Å². The Morgan fingerprint density at radius 1 is 1.43 bits per heavy atom. The van der Waals surface area contributed by atoms with Gasteiger partial charge in [0.2, 0.25) is 11.8 Å². The molecule has 1 aliphatic rings. The van der Waals surface area contributed by atoms with E-state index >= 15 is 0 Å². The van der Waals surface area contributed by atoms with Crippen molar-refractivity contribution < 1.29 is 13.9 Å². The van der Waals surface area contributed by atoms with Crippen LogP contribution in [-0.4, -0.2) is 29.3 Å². The predicted octanol–water partition coefficient (Wildman–Crippen LogP) is 3.25. The minimum absolute atomic E-state index is 0.0864. The third-order valence-corrected chi connectivity index (χ3v) is 4.84. The molecule has 1 heterocycles. The molecular formula is C17H20N2O3S. The average molecular weight is 332 g/mol. The topological polar surface area (TPSA) is 64.4 Å². The monoisotopic (exact) mass is 332 g/mol. The van der Waals surface area contributed by atoms with E-state index in [9.17, 15) is 4.79 Å². The summed E-state index contributed by atoms with van der Waals surface area (Å²) in [6.07, 6.45) is 3.87. The van der Waals surface area contributed by atoms with Gasteiger partial charge in [0.15, 0.2) is 0 Å². The van der Waals surface area contributed by atoms with Gasteiger partial charge in [-0.2, -0.15) is 0 Å². The van der Waals surface area contributed by atoms with E-state index in [1.165, 1.54) is 0 Å². The second-order valence-corrected chi connectivity index (χ2v) is 6.94. The number of carbonyl (C=O) groups excluding carboxylic acids is 1. The van der Waals surface area contributed by atoms with Crippen LogP contribution < -0.4 is 10.1 Å². The number of aromatic nitrogens is 1. The molecule has 0 aliphatic heterocycles. The van der Waals surface area contributed by atoms with Crippen molar-refractivity contribution in [1.29, 1.82) is 0 Å². The minimum Gasteiger partial charge on any atom is -0.497 e.